The van der Waals surface area contributed by atoms with Gasteiger partial charge in [0.2, 0.25) is 0 Å². The van der Waals surface area contributed by atoms with Crippen LogP contribution in [0, 0.1) is 0 Å². The zero-order valence-corrected chi connectivity index (χ0v) is 12.3. The van der Waals surface area contributed by atoms with Gasteiger partial charge in [0.25, 0.3) is 0 Å². The van der Waals surface area contributed by atoms with Crippen LogP contribution in [0.3, 0.4) is 0 Å². The number of rotatable bonds is 8. The summed E-state index contributed by atoms with van der Waals surface area (Å²) in [7, 11) is 1.67. The molecule has 1 aliphatic rings. The first-order chi connectivity index (χ1) is 9.81. The van der Waals surface area contributed by atoms with Gasteiger partial charge in [-0.2, -0.15) is 0 Å². The number of aryl methyl sites for hydroxylation is 1. The van der Waals surface area contributed by atoms with Gasteiger partial charge in [0.1, 0.15) is 5.75 Å². The van der Waals surface area contributed by atoms with E-state index in [1.165, 1.54) is 17.5 Å². The summed E-state index contributed by atoms with van der Waals surface area (Å²) in [5.41, 5.74) is 8.78. The van der Waals surface area contributed by atoms with Crippen LogP contribution >= 0.6 is 0 Å². The predicted molar refractivity (Wildman–Crippen MR) is 79.1 cm³/mol. The van der Waals surface area contributed by atoms with Crippen LogP contribution in [0.1, 0.15) is 36.4 Å². The van der Waals surface area contributed by atoms with Gasteiger partial charge < -0.3 is 19.9 Å². The fourth-order valence-electron chi connectivity index (χ4n) is 2.50. The van der Waals surface area contributed by atoms with Crippen molar-refractivity contribution >= 4 is 0 Å². The van der Waals surface area contributed by atoms with Gasteiger partial charge in [-0.3, -0.25) is 0 Å². The first kappa shape index (κ1) is 15.3. The maximum absolute atomic E-state index is 6.15. The Morgan fingerprint density at radius 3 is 2.95 bits per heavy atom. The fraction of sp³-hybridized carbons (Fsp3) is 0.625. The van der Waals surface area contributed by atoms with Crippen molar-refractivity contribution < 1.29 is 14.2 Å². The van der Waals surface area contributed by atoms with Crippen LogP contribution in [0.15, 0.2) is 18.2 Å². The van der Waals surface area contributed by atoms with Gasteiger partial charge in [-0.1, -0.05) is 6.07 Å². The van der Waals surface area contributed by atoms with Crippen molar-refractivity contribution in [3.05, 3.63) is 29.3 Å². The Morgan fingerprint density at radius 2 is 2.10 bits per heavy atom. The zero-order chi connectivity index (χ0) is 14.2. The van der Waals surface area contributed by atoms with Crippen LogP contribution in [0.4, 0.5) is 0 Å². The molecule has 1 aliphatic carbocycles. The topological polar surface area (TPSA) is 53.7 Å². The molecule has 0 saturated carbocycles. The van der Waals surface area contributed by atoms with Crippen molar-refractivity contribution in [3.63, 3.8) is 0 Å². The standard InChI is InChI=1S/C16H25NO3/c1-18-10-11-19-8-3-9-20-14-7-6-13-4-2-5-16(17)15(13)12-14/h6-7,12,16H,2-5,8-11,17H2,1H3/t16-/m0/s1. The van der Waals surface area contributed by atoms with E-state index < -0.39 is 0 Å². The molecule has 0 fully saturated rings. The molecule has 0 saturated heterocycles. The molecule has 0 spiro atoms. The quantitative estimate of drug-likeness (QED) is 0.743. The maximum Gasteiger partial charge on any atom is 0.119 e. The number of ether oxygens (including phenoxy) is 3. The summed E-state index contributed by atoms with van der Waals surface area (Å²) >= 11 is 0. The maximum atomic E-state index is 6.15. The van der Waals surface area contributed by atoms with E-state index in [1.54, 1.807) is 7.11 Å². The predicted octanol–water partition coefficient (Wildman–Crippen LogP) is 2.45. The molecule has 0 aliphatic heterocycles. The molecule has 1 aromatic rings. The average Bonchev–Trinajstić information content (AvgIpc) is 2.47. The minimum atomic E-state index is 0.166. The Morgan fingerprint density at radius 1 is 1.20 bits per heavy atom. The summed E-state index contributed by atoms with van der Waals surface area (Å²) in [6, 6.07) is 6.46. The summed E-state index contributed by atoms with van der Waals surface area (Å²) in [5, 5.41) is 0. The van der Waals surface area contributed by atoms with E-state index in [1.807, 2.05) is 6.07 Å². The molecule has 0 amide bonds. The van der Waals surface area contributed by atoms with Crippen LogP contribution in [-0.4, -0.2) is 33.5 Å². The Hall–Kier alpha value is -1.10. The highest BCUT2D eigenvalue weighted by Gasteiger charge is 2.17. The Balaban J connectivity index is 1.72. The molecule has 0 heterocycles. The summed E-state index contributed by atoms with van der Waals surface area (Å²) in [6.07, 6.45) is 4.28. The van der Waals surface area contributed by atoms with E-state index in [0.29, 0.717) is 26.4 Å². The van der Waals surface area contributed by atoms with Crippen molar-refractivity contribution in [3.8, 4) is 5.75 Å². The van der Waals surface area contributed by atoms with Crippen molar-refractivity contribution in [2.75, 3.05) is 33.5 Å². The molecular weight excluding hydrogens is 254 g/mol. The Labute approximate surface area is 121 Å². The second-order valence-electron chi connectivity index (χ2n) is 5.17. The van der Waals surface area contributed by atoms with Crippen LogP contribution in [-0.2, 0) is 15.9 Å². The van der Waals surface area contributed by atoms with Gasteiger partial charge in [0.15, 0.2) is 0 Å². The van der Waals surface area contributed by atoms with Crippen LogP contribution in [0.2, 0.25) is 0 Å². The lowest BCUT2D eigenvalue weighted by Crippen LogP contribution is -2.17. The molecular formula is C16H25NO3. The lowest BCUT2D eigenvalue weighted by Gasteiger charge is -2.22. The summed E-state index contributed by atoms with van der Waals surface area (Å²) in [5.74, 6) is 0.915. The third kappa shape index (κ3) is 4.47. The molecule has 4 heteroatoms. The lowest BCUT2D eigenvalue weighted by atomic mass is 9.88. The first-order valence-corrected chi connectivity index (χ1v) is 7.39. The SMILES string of the molecule is COCCOCCCOc1ccc2c(c1)[C@@H](N)CCC2. The van der Waals surface area contributed by atoms with Gasteiger partial charge in [-0.25, -0.2) is 0 Å². The zero-order valence-electron chi connectivity index (χ0n) is 12.3. The number of methoxy groups -OCH3 is 1. The first-order valence-electron chi connectivity index (χ1n) is 7.39. The molecule has 0 aromatic heterocycles. The van der Waals surface area contributed by atoms with E-state index in [-0.39, 0.29) is 6.04 Å². The van der Waals surface area contributed by atoms with Crippen molar-refractivity contribution in [2.45, 2.75) is 31.7 Å². The van der Waals surface area contributed by atoms with Gasteiger partial charge in [-0.05, 0) is 42.5 Å². The highest BCUT2D eigenvalue weighted by molar-refractivity contribution is 5.39. The number of fused-ring (bicyclic) bond motifs is 1. The molecule has 0 radical (unpaired) electrons. The Kier molecular flexibility index (Phi) is 6.30. The molecule has 112 valence electrons. The molecule has 2 N–H and O–H groups in total. The number of nitrogens with two attached hydrogens (primary N) is 1. The average molecular weight is 279 g/mol. The minimum Gasteiger partial charge on any atom is -0.493 e. The smallest absolute Gasteiger partial charge is 0.119 e. The Bertz CT molecular complexity index is 409. The highest BCUT2D eigenvalue weighted by Crippen LogP contribution is 2.30. The third-order valence-electron chi connectivity index (χ3n) is 3.61. The van der Waals surface area contributed by atoms with Gasteiger partial charge >= 0.3 is 0 Å². The van der Waals surface area contributed by atoms with Crippen molar-refractivity contribution in [2.24, 2.45) is 5.73 Å². The normalized spacial score (nSPS) is 17.8. The molecule has 20 heavy (non-hydrogen) atoms. The lowest BCUT2D eigenvalue weighted by molar-refractivity contribution is 0.0644. The van der Waals surface area contributed by atoms with Crippen molar-refractivity contribution in [1.29, 1.82) is 0 Å². The number of hydrogen-bond donors (Lipinski definition) is 1. The largest absolute Gasteiger partial charge is 0.493 e. The molecule has 2 rings (SSSR count). The van der Waals surface area contributed by atoms with E-state index in [9.17, 15) is 0 Å². The van der Waals surface area contributed by atoms with E-state index in [0.717, 1.165) is 25.0 Å². The van der Waals surface area contributed by atoms with E-state index in [4.69, 9.17) is 19.9 Å². The van der Waals surface area contributed by atoms with Crippen LogP contribution < -0.4 is 10.5 Å². The summed E-state index contributed by atoms with van der Waals surface area (Å²) < 4.78 is 16.1. The monoisotopic (exact) mass is 279 g/mol. The van der Waals surface area contributed by atoms with E-state index >= 15 is 0 Å². The van der Waals surface area contributed by atoms with Gasteiger partial charge in [0.05, 0.1) is 19.8 Å². The molecule has 1 atom stereocenters. The van der Waals surface area contributed by atoms with Crippen LogP contribution in [0.25, 0.3) is 0 Å². The molecule has 0 bridgehead atoms. The van der Waals surface area contributed by atoms with Gasteiger partial charge in [-0.15, -0.1) is 0 Å². The number of hydrogen-bond acceptors (Lipinski definition) is 4. The molecule has 1 aromatic carbocycles. The third-order valence-corrected chi connectivity index (χ3v) is 3.61. The highest BCUT2D eigenvalue weighted by atomic mass is 16.5. The molecule has 4 nitrogen and oxygen atoms in total. The number of benzene rings is 1. The summed E-state index contributed by atoms with van der Waals surface area (Å²) in [6.45, 7) is 2.66. The summed E-state index contributed by atoms with van der Waals surface area (Å²) in [4.78, 5) is 0. The van der Waals surface area contributed by atoms with Gasteiger partial charge in [0, 0.05) is 26.2 Å². The minimum absolute atomic E-state index is 0.166. The second-order valence-corrected chi connectivity index (χ2v) is 5.17. The van der Waals surface area contributed by atoms with Crippen LogP contribution in [0.5, 0.6) is 5.75 Å². The molecule has 0 unspecified atom stereocenters. The van der Waals surface area contributed by atoms with Crippen molar-refractivity contribution in [1.82, 2.24) is 0 Å². The second kappa shape index (κ2) is 8.25. The van der Waals surface area contributed by atoms with E-state index in [2.05, 4.69) is 12.1 Å². The fourth-order valence-corrected chi connectivity index (χ4v) is 2.50.